The standard InChI is InChI=1S/C29H24BrN3O7/c1-16-4-10-23(17(2)12-16)31-25(34)15-40-24-11-5-18(14-22(24)30)13-21-26(35)32-29(38)33(27(21)36)20-8-6-19(7-9-20)28(37)39-3/h4-14H,15H2,1-3H3,(H,31,34)(H,32,35,38)/b21-13-. The van der Waals surface area contributed by atoms with Crippen LogP contribution in [-0.4, -0.2) is 43.4 Å². The molecule has 4 rings (SSSR count). The van der Waals surface area contributed by atoms with E-state index in [1.807, 2.05) is 32.0 Å². The largest absolute Gasteiger partial charge is 0.483 e. The summed E-state index contributed by atoms with van der Waals surface area (Å²) in [5.41, 5.74) is 3.31. The van der Waals surface area contributed by atoms with Crippen molar-refractivity contribution in [3.05, 3.63) is 93.0 Å². The Hall–Kier alpha value is -4.77. The number of methoxy groups -OCH3 is 1. The lowest BCUT2D eigenvalue weighted by atomic mass is 10.1. The Morgan fingerprint density at radius 1 is 1.00 bits per heavy atom. The van der Waals surface area contributed by atoms with Crippen LogP contribution >= 0.6 is 15.9 Å². The summed E-state index contributed by atoms with van der Waals surface area (Å²) < 4.78 is 10.8. The number of carbonyl (C=O) groups excluding carboxylic acids is 5. The predicted octanol–water partition coefficient (Wildman–Crippen LogP) is 4.54. The van der Waals surface area contributed by atoms with Gasteiger partial charge in [0.15, 0.2) is 6.61 Å². The maximum atomic E-state index is 13.2. The number of ether oxygens (including phenoxy) is 2. The van der Waals surface area contributed by atoms with Gasteiger partial charge in [-0.25, -0.2) is 14.5 Å². The Kier molecular flexibility index (Phi) is 8.44. The van der Waals surface area contributed by atoms with E-state index in [0.29, 0.717) is 21.5 Å². The number of imide groups is 2. The number of hydrogen-bond donors (Lipinski definition) is 2. The number of anilines is 2. The monoisotopic (exact) mass is 605 g/mol. The molecule has 1 heterocycles. The highest BCUT2D eigenvalue weighted by atomic mass is 79.9. The Morgan fingerprint density at radius 2 is 1.73 bits per heavy atom. The van der Waals surface area contributed by atoms with Crippen molar-refractivity contribution in [2.24, 2.45) is 0 Å². The Morgan fingerprint density at radius 3 is 2.38 bits per heavy atom. The topological polar surface area (TPSA) is 131 Å². The number of benzene rings is 3. The van der Waals surface area contributed by atoms with Crippen molar-refractivity contribution in [2.75, 3.05) is 23.9 Å². The van der Waals surface area contributed by atoms with Crippen molar-refractivity contribution >= 4 is 63.1 Å². The fourth-order valence-electron chi connectivity index (χ4n) is 3.93. The molecule has 0 saturated carbocycles. The van der Waals surface area contributed by atoms with E-state index in [1.165, 1.54) is 37.5 Å². The van der Waals surface area contributed by atoms with E-state index in [-0.39, 0.29) is 29.3 Å². The van der Waals surface area contributed by atoms with E-state index < -0.39 is 23.8 Å². The van der Waals surface area contributed by atoms with E-state index >= 15 is 0 Å². The SMILES string of the molecule is COC(=O)c1ccc(N2C(=O)NC(=O)/C(=C/c3ccc(OCC(=O)Nc4ccc(C)cc4C)c(Br)c3)C2=O)cc1. The molecule has 1 aliphatic heterocycles. The number of halogens is 1. The minimum absolute atomic E-state index is 0.164. The molecule has 0 bridgehead atoms. The zero-order valence-electron chi connectivity index (χ0n) is 21.7. The van der Waals surface area contributed by atoms with Crippen molar-refractivity contribution in [1.29, 1.82) is 0 Å². The second kappa shape index (κ2) is 12.0. The molecule has 1 saturated heterocycles. The van der Waals surface area contributed by atoms with Crippen LogP contribution in [0.1, 0.15) is 27.0 Å². The van der Waals surface area contributed by atoms with Crippen molar-refractivity contribution in [2.45, 2.75) is 13.8 Å². The number of esters is 1. The first kappa shape index (κ1) is 28.2. The number of urea groups is 1. The van der Waals surface area contributed by atoms with E-state index in [9.17, 15) is 24.0 Å². The highest BCUT2D eigenvalue weighted by Gasteiger charge is 2.36. The first-order chi connectivity index (χ1) is 19.1. The molecule has 0 spiro atoms. The normalized spacial score (nSPS) is 14.2. The van der Waals surface area contributed by atoms with Crippen LogP contribution in [0.5, 0.6) is 5.75 Å². The molecule has 0 aliphatic carbocycles. The molecule has 11 heteroatoms. The molecular weight excluding hydrogens is 582 g/mol. The van der Waals surface area contributed by atoms with Gasteiger partial charge in [-0.2, -0.15) is 0 Å². The highest BCUT2D eigenvalue weighted by molar-refractivity contribution is 9.10. The van der Waals surface area contributed by atoms with Gasteiger partial charge in [0.2, 0.25) is 0 Å². The fraction of sp³-hybridized carbons (Fsp3) is 0.138. The maximum absolute atomic E-state index is 13.2. The van der Waals surface area contributed by atoms with Crippen molar-refractivity contribution in [1.82, 2.24) is 5.32 Å². The summed E-state index contributed by atoms with van der Waals surface area (Å²) in [4.78, 5) is 63.0. The van der Waals surface area contributed by atoms with Gasteiger partial charge in [-0.05, 0) is 89.4 Å². The van der Waals surface area contributed by atoms with Crippen LogP contribution in [0.25, 0.3) is 6.08 Å². The van der Waals surface area contributed by atoms with E-state index in [4.69, 9.17) is 4.74 Å². The summed E-state index contributed by atoms with van der Waals surface area (Å²) in [6.45, 7) is 3.64. The number of hydrogen-bond acceptors (Lipinski definition) is 7. The zero-order valence-corrected chi connectivity index (χ0v) is 23.3. The Bertz CT molecular complexity index is 1560. The number of carbonyl (C=O) groups is 5. The van der Waals surface area contributed by atoms with Gasteiger partial charge in [0.05, 0.1) is 22.8 Å². The average molecular weight is 606 g/mol. The number of nitrogens with zero attached hydrogens (tertiary/aromatic N) is 1. The van der Waals surface area contributed by atoms with Gasteiger partial charge >= 0.3 is 12.0 Å². The number of barbiturate groups is 1. The lowest BCUT2D eigenvalue weighted by Gasteiger charge is -2.26. The summed E-state index contributed by atoms with van der Waals surface area (Å²) >= 11 is 3.39. The smallest absolute Gasteiger partial charge is 0.337 e. The summed E-state index contributed by atoms with van der Waals surface area (Å²) in [5.74, 6) is -2.22. The molecule has 1 aliphatic rings. The van der Waals surface area contributed by atoms with Crippen LogP contribution in [0, 0.1) is 13.8 Å². The number of rotatable bonds is 7. The third-order valence-corrected chi connectivity index (χ3v) is 6.55. The first-order valence-corrected chi connectivity index (χ1v) is 12.8. The number of amides is 5. The Labute approximate surface area is 238 Å². The lowest BCUT2D eigenvalue weighted by molar-refractivity contribution is -0.122. The molecule has 3 aromatic rings. The molecule has 3 aromatic carbocycles. The second-order valence-electron chi connectivity index (χ2n) is 8.84. The molecule has 10 nitrogen and oxygen atoms in total. The van der Waals surface area contributed by atoms with Crippen LogP contribution < -0.4 is 20.3 Å². The lowest BCUT2D eigenvalue weighted by Crippen LogP contribution is -2.54. The third-order valence-electron chi connectivity index (χ3n) is 5.93. The van der Waals surface area contributed by atoms with Crippen LogP contribution in [0.2, 0.25) is 0 Å². The molecule has 40 heavy (non-hydrogen) atoms. The number of nitrogens with one attached hydrogen (secondary N) is 2. The molecular formula is C29H24BrN3O7. The third kappa shape index (κ3) is 6.26. The fourth-order valence-corrected chi connectivity index (χ4v) is 4.44. The van der Waals surface area contributed by atoms with Crippen molar-refractivity contribution in [3.63, 3.8) is 0 Å². The van der Waals surface area contributed by atoms with Crippen molar-refractivity contribution in [3.8, 4) is 5.75 Å². The summed E-state index contributed by atoms with van der Waals surface area (Å²) in [5, 5.41) is 4.96. The number of aryl methyl sites for hydroxylation is 2. The minimum atomic E-state index is -0.915. The predicted molar refractivity (Wildman–Crippen MR) is 151 cm³/mol. The highest BCUT2D eigenvalue weighted by Crippen LogP contribution is 2.28. The average Bonchev–Trinajstić information content (AvgIpc) is 2.92. The summed E-state index contributed by atoms with van der Waals surface area (Å²) in [7, 11) is 1.24. The second-order valence-corrected chi connectivity index (χ2v) is 9.70. The van der Waals surface area contributed by atoms with Gasteiger partial charge in [0.25, 0.3) is 17.7 Å². The molecule has 0 atom stereocenters. The van der Waals surface area contributed by atoms with Gasteiger partial charge in [0.1, 0.15) is 11.3 Å². The molecule has 5 amide bonds. The summed E-state index contributed by atoms with van der Waals surface area (Å²) in [6.07, 6.45) is 1.33. The van der Waals surface area contributed by atoms with Gasteiger partial charge in [-0.15, -0.1) is 0 Å². The van der Waals surface area contributed by atoms with E-state index in [0.717, 1.165) is 16.0 Å². The molecule has 2 N–H and O–H groups in total. The Balaban J connectivity index is 1.47. The van der Waals surface area contributed by atoms with E-state index in [1.54, 1.807) is 18.2 Å². The molecule has 0 radical (unpaired) electrons. The van der Waals surface area contributed by atoms with Gasteiger partial charge in [-0.3, -0.25) is 19.7 Å². The van der Waals surface area contributed by atoms with Crippen LogP contribution in [0.4, 0.5) is 16.2 Å². The van der Waals surface area contributed by atoms with Gasteiger partial charge in [0, 0.05) is 5.69 Å². The first-order valence-electron chi connectivity index (χ1n) is 12.0. The van der Waals surface area contributed by atoms with Crippen LogP contribution in [0.15, 0.2) is 70.7 Å². The molecule has 0 unspecified atom stereocenters. The van der Waals surface area contributed by atoms with Crippen LogP contribution in [0.3, 0.4) is 0 Å². The van der Waals surface area contributed by atoms with Gasteiger partial charge < -0.3 is 14.8 Å². The molecule has 204 valence electrons. The van der Waals surface area contributed by atoms with E-state index in [2.05, 4.69) is 31.3 Å². The molecule has 1 fully saturated rings. The van der Waals surface area contributed by atoms with Crippen LogP contribution in [-0.2, 0) is 19.1 Å². The zero-order chi connectivity index (χ0) is 29.0. The van der Waals surface area contributed by atoms with Crippen molar-refractivity contribution < 1.29 is 33.4 Å². The molecule has 0 aromatic heterocycles. The quantitative estimate of drug-likeness (QED) is 0.230. The summed E-state index contributed by atoms with van der Waals surface area (Å²) in [6, 6.07) is 15.2. The van der Waals surface area contributed by atoms with Gasteiger partial charge in [-0.1, -0.05) is 23.8 Å². The maximum Gasteiger partial charge on any atom is 0.337 e. The minimum Gasteiger partial charge on any atom is -0.483 e.